The summed E-state index contributed by atoms with van der Waals surface area (Å²) in [5.74, 6) is -1.05. The molecule has 0 spiro atoms. The van der Waals surface area contributed by atoms with Gasteiger partial charge in [-0.3, -0.25) is 19.6 Å². The molecule has 0 saturated carbocycles. The summed E-state index contributed by atoms with van der Waals surface area (Å²) in [4.78, 5) is 34.1. The van der Waals surface area contributed by atoms with Crippen LogP contribution in [0.15, 0.2) is 53.2 Å². The predicted octanol–water partition coefficient (Wildman–Crippen LogP) is 2.88. The summed E-state index contributed by atoms with van der Waals surface area (Å²) in [5, 5.41) is 17.2. The Hall–Kier alpha value is -3.66. The Kier molecular flexibility index (Phi) is 5.70. The minimum absolute atomic E-state index is 0.0573. The van der Waals surface area contributed by atoms with Crippen LogP contribution in [0.4, 0.5) is 11.4 Å². The molecule has 0 radical (unpaired) electrons. The third-order valence-electron chi connectivity index (χ3n) is 3.50. The quantitative estimate of drug-likeness (QED) is 0.364. The molecule has 3 rings (SSSR count). The van der Waals surface area contributed by atoms with E-state index in [-0.39, 0.29) is 22.2 Å². The van der Waals surface area contributed by atoms with Crippen molar-refractivity contribution in [2.24, 2.45) is 0 Å². The average Bonchev–Trinajstić information content (AvgIpc) is 3.33. The van der Waals surface area contributed by atoms with Crippen LogP contribution in [-0.4, -0.2) is 33.2 Å². The number of ether oxygens (including phenoxy) is 1. The minimum Gasteiger partial charge on any atom is -0.452 e. The number of nitro benzene ring substituents is 1. The standard InChI is InChI=1S/C17H13ClN4O6/c18-13-4-2-11(8-14(13)22(25)26)20-16(23)10-27-17(24)15-5-3-12(28-15)9-21-7-1-6-19-21/h1-8H,9-10H2,(H,20,23). The number of carbonyl (C=O) groups is 2. The van der Waals surface area contributed by atoms with Crippen LogP contribution in [0.3, 0.4) is 0 Å². The van der Waals surface area contributed by atoms with E-state index in [1.165, 1.54) is 18.2 Å². The van der Waals surface area contributed by atoms with Crippen molar-refractivity contribution in [1.29, 1.82) is 0 Å². The summed E-state index contributed by atoms with van der Waals surface area (Å²) in [7, 11) is 0. The molecule has 0 aliphatic heterocycles. The lowest BCUT2D eigenvalue weighted by Gasteiger charge is -2.06. The van der Waals surface area contributed by atoms with E-state index < -0.39 is 23.4 Å². The number of hydrogen-bond acceptors (Lipinski definition) is 7. The van der Waals surface area contributed by atoms with Gasteiger partial charge in [-0.2, -0.15) is 5.10 Å². The third kappa shape index (κ3) is 4.74. The Labute approximate surface area is 162 Å². The molecule has 10 nitrogen and oxygen atoms in total. The molecule has 0 bridgehead atoms. The van der Waals surface area contributed by atoms with Gasteiger partial charge in [0, 0.05) is 24.1 Å². The number of hydrogen-bond donors (Lipinski definition) is 1. The lowest BCUT2D eigenvalue weighted by Crippen LogP contribution is -2.20. The maximum Gasteiger partial charge on any atom is 0.374 e. The van der Waals surface area contributed by atoms with Crippen LogP contribution in [-0.2, 0) is 16.1 Å². The van der Waals surface area contributed by atoms with Crippen LogP contribution in [0.5, 0.6) is 0 Å². The molecule has 11 heteroatoms. The largest absolute Gasteiger partial charge is 0.452 e. The fourth-order valence-electron chi connectivity index (χ4n) is 2.26. The van der Waals surface area contributed by atoms with E-state index in [4.69, 9.17) is 20.8 Å². The minimum atomic E-state index is -0.816. The number of nitrogens with zero attached hydrogens (tertiary/aromatic N) is 3. The van der Waals surface area contributed by atoms with Gasteiger partial charge < -0.3 is 14.5 Å². The summed E-state index contributed by atoms with van der Waals surface area (Å²) in [6.07, 6.45) is 3.36. The van der Waals surface area contributed by atoms with Crippen LogP contribution in [0.2, 0.25) is 5.02 Å². The van der Waals surface area contributed by atoms with Gasteiger partial charge in [0.2, 0.25) is 5.76 Å². The molecule has 0 unspecified atom stereocenters. The van der Waals surface area contributed by atoms with E-state index in [1.807, 2.05) is 0 Å². The first-order valence-electron chi connectivity index (χ1n) is 7.89. The van der Waals surface area contributed by atoms with Gasteiger partial charge >= 0.3 is 5.97 Å². The average molecular weight is 405 g/mol. The monoisotopic (exact) mass is 404 g/mol. The van der Waals surface area contributed by atoms with Gasteiger partial charge in [-0.1, -0.05) is 11.6 Å². The highest BCUT2D eigenvalue weighted by molar-refractivity contribution is 6.32. The van der Waals surface area contributed by atoms with Crippen molar-refractivity contribution in [1.82, 2.24) is 9.78 Å². The second-order valence-corrected chi connectivity index (χ2v) is 5.92. The fourth-order valence-corrected chi connectivity index (χ4v) is 2.44. The van der Waals surface area contributed by atoms with Crippen molar-refractivity contribution >= 4 is 34.9 Å². The molecule has 1 amide bonds. The molecule has 2 heterocycles. The lowest BCUT2D eigenvalue weighted by atomic mass is 10.3. The number of esters is 1. The van der Waals surface area contributed by atoms with E-state index in [2.05, 4.69) is 10.4 Å². The topological polar surface area (TPSA) is 130 Å². The van der Waals surface area contributed by atoms with Crippen molar-refractivity contribution in [3.05, 3.63) is 75.4 Å². The number of halogens is 1. The molecule has 0 fully saturated rings. The summed E-state index contributed by atoms with van der Waals surface area (Å²) < 4.78 is 11.9. The smallest absolute Gasteiger partial charge is 0.374 e. The van der Waals surface area contributed by atoms with Gasteiger partial charge in [0.15, 0.2) is 6.61 Å². The Morgan fingerprint density at radius 3 is 2.86 bits per heavy atom. The van der Waals surface area contributed by atoms with Gasteiger partial charge in [0.05, 0.1) is 11.5 Å². The lowest BCUT2D eigenvalue weighted by molar-refractivity contribution is -0.384. The molecular weight excluding hydrogens is 392 g/mol. The van der Waals surface area contributed by atoms with Gasteiger partial charge in [-0.15, -0.1) is 0 Å². The molecule has 0 saturated heterocycles. The molecule has 144 valence electrons. The van der Waals surface area contributed by atoms with Crippen molar-refractivity contribution in [3.8, 4) is 0 Å². The van der Waals surface area contributed by atoms with Crippen LogP contribution >= 0.6 is 11.6 Å². The highest BCUT2D eigenvalue weighted by Crippen LogP contribution is 2.27. The molecular formula is C17H13ClN4O6. The number of benzene rings is 1. The Morgan fingerprint density at radius 2 is 2.14 bits per heavy atom. The number of carbonyl (C=O) groups excluding carboxylic acids is 2. The van der Waals surface area contributed by atoms with E-state index >= 15 is 0 Å². The highest BCUT2D eigenvalue weighted by Gasteiger charge is 2.17. The molecule has 2 aromatic heterocycles. The van der Waals surface area contributed by atoms with Gasteiger partial charge in [-0.05, 0) is 30.3 Å². The molecule has 1 aromatic carbocycles. The second kappa shape index (κ2) is 8.35. The summed E-state index contributed by atoms with van der Waals surface area (Å²) in [5.41, 5.74) is -0.201. The molecule has 1 N–H and O–H groups in total. The first kappa shape index (κ1) is 19.1. The van der Waals surface area contributed by atoms with E-state index in [0.717, 1.165) is 6.07 Å². The van der Waals surface area contributed by atoms with Crippen LogP contribution in [0.1, 0.15) is 16.3 Å². The van der Waals surface area contributed by atoms with E-state index in [9.17, 15) is 19.7 Å². The number of rotatable bonds is 7. The van der Waals surface area contributed by atoms with Crippen molar-refractivity contribution in [2.45, 2.75) is 6.54 Å². The van der Waals surface area contributed by atoms with Crippen molar-refractivity contribution in [3.63, 3.8) is 0 Å². The summed E-state index contributed by atoms with van der Waals surface area (Å²) >= 11 is 5.71. The Balaban J connectivity index is 1.53. The van der Waals surface area contributed by atoms with Crippen LogP contribution < -0.4 is 5.32 Å². The summed E-state index contributed by atoms with van der Waals surface area (Å²) in [6.45, 7) is -0.249. The molecule has 28 heavy (non-hydrogen) atoms. The van der Waals surface area contributed by atoms with Gasteiger partial charge in [0.25, 0.3) is 11.6 Å². The summed E-state index contributed by atoms with van der Waals surface area (Å²) in [6, 6.07) is 8.57. The maximum absolute atomic E-state index is 12.0. The van der Waals surface area contributed by atoms with E-state index in [0.29, 0.717) is 12.3 Å². The van der Waals surface area contributed by atoms with Gasteiger partial charge in [0.1, 0.15) is 10.8 Å². The maximum atomic E-state index is 12.0. The highest BCUT2D eigenvalue weighted by atomic mass is 35.5. The number of anilines is 1. The number of furan rings is 1. The zero-order valence-corrected chi connectivity index (χ0v) is 15.0. The number of aromatic nitrogens is 2. The van der Waals surface area contributed by atoms with Crippen LogP contribution in [0, 0.1) is 10.1 Å². The van der Waals surface area contributed by atoms with Crippen molar-refractivity contribution in [2.75, 3.05) is 11.9 Å². The molecule has 0 atom stereocenters. The Bertz CT molecular complexity index is 1010. The number of nitro groups is 1. The zero-order valence-electron chi connectivity index (χ0n) is 14.2. The normalized spacial score (nSPS) is 10.5. The molecule has 3 aromatic rings. The molecule has 0 aliphatic rings. The SMILES string of the molecule is O=C(COC(=O)c1ccc(Cn2cccn2)o1)Nc1ccc(Cl)c([N+](=O)[O-])c1. The predicted molar refractivity (Wildman–Crippen MR) is 97.1 cm³/mol. The van der Waals surface area contributed by atoms with Crippen molar-refractivity contribution < 1.29 is 23.7 Å². The number of amides is 1. The first-order valence-corrected chi connectivity index (χ1v) is 8.27. The fraction of sp³-hybridized carbons (Fsp3) is 0.118. The van der Waals surface area contributed by atoms with E-state index in [1.54, 1.807) is 29.2 Å². The van der Waals surface area contributed by atoms with Gasteiger partial charge in [-0.25, -0.2) is 4.79 Å². The number of nitrogens with one attached hydrogen (secondary N) is 1. The second-order valence-electron chi connectivity index (χ2n) is 5.52. The molecule has 0 aliphatic carbocycles. The Morgan fingerprint density at radius 1 is 1.32 bits per heavy atom. The zero-order chi connectivity index (χ0) is 20.1. The third-order valence-corrected chi connectivity index (χ3v) is 3.82. The van der Waals surface area contributed by atoms with Crippen LogP contribution in [0.25, 0.3) is 0 Å². The first-order chi connectivity index (χ1) is 13.4.